The second-order valence-electron chi connectivity index (χ2n) is 2.35. The maximum absolute atomic E-state index is 12.6. The monoisotopic (exact) mass is 181 g/mol. The molecule has 0 bridgehead atoms. The molecule has 0 unspecified atom stereocenters. The van der Waals surface area contributed by atoms with Gasteiger partial charge >= 0.3 is 0 Å². The van der Waals surface area contributed by atoms with E-state index in [-0.39, 0.29) is 5.82 Å². The molecule has 0 aliphatic carbocycles. The Bertz CT molecular complexity index is 305. The molecule has 0 radical (unpaired) electrons. The second kappa shape index (κ2) is 4.75. The van der Waals surface area contributed by atoms with Crippen molar-refractivity contribution in [3.63, 3.8) is 0 Å². The van der Waals surface area contributed by atoms with Crippen LogP contribution in [-0.2, 0) is 6.42 Å². The van der Waals surface area contributed by atoms with Crippen LogP contribution in [0.4, 0.5) is 4.39 Å². The molecule has 0 amide bonds. The molecule has 0 saturated heterocycles. The van der Waals surface area contributed by atoms with Crippen LogP contribution in [0.1, 0.15) is 5.56 Å². The van der Waals surface area contributed by atoms with Crippen LogP contribution in [0.3, 0.4) is 0 Å². The zero-order chi connectivity index (χ0) is 8.81. The molecular weight excluding hydrogens is 173 g/mol. The van der Waals surface area contributed by atoms with Gasteiger partial charge in [-0.15, -0.1) is 0 Å². The van der Waals surface area contributed by atoms with E-state index in [0.717, 1.165) is 5.56 Å². The van der Waals surface area contributed by atoms with Crippen molar-refractivity contribution in [2.24, 2.45) is 4.99 Å². The lowest BCUT2D eigenvalue weighted by Crippen LogP contribution is -1.89. The van der Waals surface area contributed by atoms with Crippen LogP contribution in [0, 0.1) is 5.82 Å². The van der Waals surface area contributed by atoms with Gasteiger partial charge in [-0.05, 0) is 36.3 Å². The Balaban J connectivity index is 2.57. The minimum absolute atomic E-state index is 0.209. The number of nitrogens with zero attached hydrogens (tertiary/aromatic N) is 1. The molecule has 0 N–H and O–H groups in total. The smallest absolute Gasteiger partial charge is 0.123 e. The summed E-state index contributed by atoms with van der Waals surface area (Å²) in [6, 6.07) is 6.47. The van der Waals surface area contributed by atoms with Gasteiger partial charge < -0.3 is 0 Å². The first-order chi connectivity index (χ1) is 5.83. The standard InChI is InChI=1S/C9H8FNS/c10-9-3-1-2-8(6-9)4-5-11-7-12/h1-3,6H,4-5H2. The van der Waals surface area contributed by atoms with Gasteiger partial charge in [-0.2, -0.15) is 0 Å². The summed E-state index contributed by atoms with van der Waals surface area (Å²) in [5.74, 6) is -0.209. The van der Waals surface area contributed by atoms with E-state index in [4.69, 9.17) is 0 Å². The highest BCUT2D eigenvalue weighted by Gasteiger charge is 1.93. The quantitative estimate of drug-likeness (QED) is 0.515. The SMILES string of the molecule is Fc1cccc(CCN=C=S)c1. The molecule has 0 spiro atoms. The molecule has 0 aliphatic heterocycles. The van der Waals surface area contributed by atoms with Crippen LogP contribution in [0.25, 0.3) is 0 Å². The van der Waals surface area contributed by atoms with Crippen molar-refractivity contribution in [3.8, 4) is 0 Å². The summed E-state index contributed by atoms with van der Waals surface area (Å²) in [5, 5.41) is 2.27. The molecule has 0 heterocycles. The lowest BCUT2D eigenvalue weighted by atomic mass is 10.1. The fraction of sp³-hybridized carbons (Fsp3) is 0.222. The van der Waals surface area contributed by atoms with E-state index in [1.807, 2.05) is 6.07 Å². The van der Waals surface area contributed by atoms with Crippen LogP contribution < -0.4 is 0 Å². The van der Waals surface area contributed by atoms with Gasteiger partial charge in [-0.25, -0.2) is 9.38 Å². The average molecular weight is 181 g/mol. The first-order valence-corrected chi connectivity index (χ1v) is 4.02. The number of hydrogen-bond acceptors (Lipinski definition) is 2. The van der Waals surface area contributed by atoms with E-state index in [1.165, 1.54) is 12.1 Å². The van der Waals surface area contributed by atoms with E-state index in [1.54, 1.807) is 6.07 Å². The minimum Gasteiger partial charge on any atom is -0.232 e. The van der Waals surface area contributed by atoms with Crippen LogP contribution in [0.15, 0.2) is 29.3 Å². The number of rotatable bonds is 3. The Morgan fingerprint density at radius 2 is 2.33 bits per heavy atom. The van der Waals surface area contributed by atoms with Gasteiger partial charge in [0.05, 0.1) is 11.7 Å². The highest BCUT2D eigenvalue weighted by molar-refractivity contribution is 7.78. The molecule has 3 heteroatoms. The van der Waals surface area contributed by atoms with Crippen molar-refractivity contribution >= 4 is 17.4 Å². The minimum atomic E-state index is -0.209. The molecule has 1 aromatic carbocycles. The molecule has 12 heavy (non-hydrogen) atoms. The summed E-state index contributed by atoms with van der Waals surface area (Å²) >= 11 is 4.40. The normalized spacial score (nSPS) is 9.08. The third kappa shape index (κ3) is 2.91. The van der Waals surface area contributed by atoms with Crippen molar-refractivity contribution in [3.05, 3.63) is 35.6 Å². The van der Waals surface area contributed by atoms with Crippen molar-refractivity contribution in [1.82, 2.24) is 0 Å². The van der Waals surface area contributed by atoms with Gasteiger partial charge in [0.1, 0.15) is 5.82 Å². The van der Waals surface area contributed by atoms with Crippen molar-refractivity contribution < 1.29 is 4.39 Å². The molecule has 0 saturated carbocycles. The molecular formula is C9H8FNS. The number of benzene rings is 1. The Kier molecular flexibility index (Phi) is 3.58. The van der Waals surface area contributed by atoms with E-state index in [2.05, 4.69) is 22.4 Å². The molecule has 62 valence electrons. The average Bonchev–Trinajstić information content (AvgIpc) is 2.05. The first-order valence-electron chi connectivity index (χ1n) is 3.61. The van der Waals surface area contributed by atoms with Crippen LogP contribution in [0.2, 0.25) is 0 Å². The predicted molar refractivity (Wildman–Crippen MR) is 50.0 cm³/mol. The summed E-state index contributed by atoms with van der Waals surface area (Å²) in [5.41, 5.74) is 0.934. The van der Waals surface area contributed by atoms with E-state index < -0.39 is 0 Å². The molecule has 0 fully saturated rings. The number of halogens is 1. The largest absolute Gasteiger partial charge is 0.232 e. The van der Waals surface area contributed by atoms with E-state index in [9.17, 15) is 4.39 Å². The van der Waals surface area contributed by atoms with Gasteiger partial charge in [0.15, 0.2) is 0 Å². The summed E-state index contributed by atoms with van der Waals surface area (Å²) in [6.07, 6.45) is 0.710. The summed E-state index contributed by atoms with van der Waals surface area (Å²) in [7, 11) is 0. The number of thiocarbonyl (C=S) groups is 1. The molecule has 0 aliphatic rings. The van der Waals surface area contributed by atoms with Gasteiger partial charge in [0.2, 0.25) is 0 Å². The fourth-order valence-electron chi connectivity index (χ4n) is 0.923. The Labute approximate surface area is 75.9 Å². The van der Waals surface area contributed by atoms with Gasteiger partial charge in [0, 0.05) is 0 Å². The summed E-state index contributed by atoms with van der Waals surface area (Å²) < 4.78 is 12.6. The van der Waals surface area contributed by atoms with Crippen molar-refractivity contribution in [1.29, 1.82) is 0 Å². The Hall–Kier alpha value is -1.05. The molecule has 1 nitrogen and oxygen atoms in total. The first kappa shape index (κ1) is 9.04. The predicted octanol–water partition coefficient (Wildman–Crippen LogP) is 2.47. The molecule has 0 atom stereocenters. The number of aliphatic imine (C=N–C) groups is 1. The maximum Gasteiger partial charge on any atom is 0.123 e. The van der Waals surface area contributed by atoms with Crippen LogP contribution in [-0.4, -0.2) is 11.7 Å². The summed E-state index contributed by atoms with van der Waals surface area (Å²) in [6.45, 7) is 0.576. The number of isothiocyanates is 1. The van der Waals surface area contributed by atoms with Crippen molar-refractivity contribution in [2.75, 3.05) is 6.54 Å². The second-order valence-corrected chi connectivity index (χ2v) is 2.54. The zero-order valence-corrected chi connectivity index (χ0v) is 7.27. The van der Waals surface area contributed by atoms with Gasteiger partial charge in [-0.1, -0.05) is 12.1 Å². The highest BCUT2D eigenvalue weighted by Crippen LogP contribution is 2.03. The van der Waals surface area contributed by atoms with E-state index >= 15 is 0 Å². The van der Waals surface area contributed by atoms with Gasteiger partial charge in [0.25, 0.3) is 0 Å². The number of hydrogen-bond donors (Lipinski definition) is 0. The molecule has 1 aromatic rings. The zero-order valence-electron chi connectivity index (χ0n) is 6.46. The Morgan fingerprint density at radius 1 is 1.50 bits per heavy atom. The van der Waals surface area contributed by atoms with Crippen LogP contribution in [0.5, 0.6) is 0 Å². The van der Waals surface area contributed by atoms with Gasteiger partial charge in [-0.3, -0.25) is 0 Å². The van der Waals surface area contributed by atoms with Crippen LogP contribution >= 0.6 is 12.2 Å². The third-order valence-corrected chi connectivity index (χ3v) is 1.59. The van der Waals surface area contributed by atoms with Crippen molar-refractivity contribution in [2.45, 2.75) is 6.42 Å². The lowest BCUT2D eigenvalue weighted by Gasteiger charge is -1.96. The Morgan fingerprint density at radius 3 is 3.00 bits per heavy atom. The third-order valence-electron chi connectivity index (χ3n) is 1.47. The summed E-state index contributed by atoms with van der Waals surface area (Å²) in [4.78, 5) is 3.74. The maximum atomic E-state index is 12.6. The fourth-order valence-corrected chi connectivity index (χ4v) is 1.01. The van der Waals surface area contributed by atoms with E-state index in [0.29, 0.717) is 13.0 Å². The lowest BCUT2D eigenvalue weighted by molar-refractivity contribution is 0.625. The topological polar surface area (TPSA) is 12.4 Å². The highest BCUT2D eigenvalue weighted by atomic mass is 32.1. The molecule has 0 aromatic heterocycles. The molecule has 1 rings (SSSR count).